The molecule has 26 heteroatoms. The zero-order valence-electron chi connectivity index (χ0n) is 62.6. The third kappa shape index (κ3) is 15.0. The molecule has 2 N–H and O–H groups in total. The maximum absolute atomic E-state index is 14.4. The molecular formula is C86H78FN17O8. The highest BCUT2D eigenvalue weighted by Gasteiger charge is 2.20. The van der Waals surface area contributed by atoms with Crippen LogP contribution < -0.4 is 37.8 Å². The van der Waals surface area contributed by atoms with Gasteiger partial charge >= 0.3 is 0 Å². The van der Waals surface area contributed by atoms with Gasteiger partial charge in [-0.1, -0.05) is 43.4 Å². The molecule has 25 nitrogen and oxygen atoms in total. The van der Waals surface area contributed by atoms with Crippen LogP contribution in [0.3, 0.4) is 0 Å². The number of pyridine rings is 4. The zero-order chi connectivity index (χ0) is 76.8. The summed E-state index contributed by atoms with van der Waals surface area (Å²) in [5.41, 5.74) is 20.3. The number of aryl methyl sites for hydroxylation is 4. The maximum atomic E-state index is 14.4. The van der Waals surface area contributed by atoms with Crippen molar-refractivity contribution in [2.24, 2.45) is 0 Å². The molecule has 562 valence electrons. The van der Waals surface area contributed by atoms with Crippen LogP contribution in [0.5, 0.6) is 0 Å². The molecule has 0 aliphatic carbocycles. The average molecular weight is 1500 g/mol. The van der Waals surface area contributed by atoms with Crippen LogP contribution in [0.1, 0.15) is 66.4 Å². The Morgan fingerprint density at radius 2 is 0.804 bits per heavy atom. The van der Waals surface area contributed by atoms with Crippen molar-refractivity contribution in [3.63, 3.8) is 0 Å². The van der Waals surface area contributed by atoms with E-state index in [1.54, 1.807) is 44.4 Å². The van der Waals surface area contributed by atoms with E-state index in [-0.39, 0.29) is 27.8 Å². The molecule has 0 radical (unpaired) electrons. The highest BCUT2D eigenvalue weighted by Crippen LogP contribution is 2.32. The Morgan fingerprint density at radius 3 is 1.24 bits per heavy atom. The first-order valence-electron chi connectivity index (χ1n) is 37.4. The van der Waals surface area contributed by atoms with Crippen LogP contribution in [-0.2, 0) is 0 Å². The molecule has 0 unspecified atom stereocenters. The summed E-state index contributed by atoms with van der Waals surface area (Å²) in [5.74, 6) is 1.75. The molecule has 112 heavy (non-hydrogen) atoms. The third-order valence-electron chi connectivity index (χ3n) is 20.7. The number of hydrogen-bond acceptors (Lipinski definition) is 21. The van der Waals surface area contributed by atoms with Gasteiger partial charge in [0.1, 0.15) is 44.7 Å². The second-order valence-electron chi connectivity index (χ2n) is 28.3. The second-order valence-corrected chi connectivity index (χ2v) is 28.3. The van der Waals surface area contributed by atoms with Gasteiger partial charge in [-0.15, -0.1) is 0 Å². The molecule has 0 amide bonds. The first-order chi connectivity index (χ1) is 54.4. The number of hydrogen-bond donors (Lipinski definition) is 2. The molecule has 16 heterocycles. The Labute approximate surface area is 639 Å². The minimum absolute atomic E-state index is 0.0905. The Balaban J connectivity index is 0.000000108. The monoisotopic (exact) mass is 1500 g/mol. The lowest BCUT2D eigenvalue weighted by atomic mass is 10.0. The van der Waals surface area contributed by atoms with E-state index in [0.717, 1.165) is 147 Å². The van der Waals surface area contributed by atoms with E-state index in [9.17, 15) is 23.6 Å². The molecule has 0 spiro atoms. The largest absolute Gasteiger partial charge is 0.441 e. The number of likely N-dealkylation sites (N-methyl/N-ethyl adjacent to an activating group) is 2. The molecule has 12 aromatic heterocycles. The zero-order valence-corrected chi connectivity index (χ0v) is 62.6. The molecule has 4 aliphatic heterocycles. The number of oxazole rings is 4. The molecule has 20 rings (SSSR count). The number of anilines is 1. The Morgan fingerprint density at radius 1 is 0.393 bits per heavy atom. The highest BCUT2D eigenvalue weighted by atomic mass is 19.1. The van der Waals surface area contributed by atoms with E-state index < -0.39 is 5.82 Å². The summed E-state index contributed by atoms with van der Waals surface area (Å²) in [7, 11) is 2.11. The summed E-state index contributed by atoms with van der Waals surface area (Å²) in [6, 6.07) is 41.8. The van der Waals surface area contributed by atoms with Gasteiger partial charge in [-0.3, -0.25) is 41.7 Å². The van der Waals surface area contributed by atoms with Crippen LogP contribution in [0.15, 0.2) is 219 Å². The second kappa shape index (κ2) is 30.4. The van der Waals surface area contributed by atoms with Crippen molar-refractivity contribution in [3.8, 4) is 45.0 Å². The number of benzene rings is 4. The lowest BCUT2D eigenvalue weighted by molar-refractivity contribution is 0.318. The topological polar surface area (TPSA) is 275 Å². The van der Waals surface area contributed by atoms with Crippen molar-refractivity contribution >= 4 is 89.4 Å². The molecule has 0 bridgehead atoms. The number of fused-ring (bicyclic) bond motifs is 8. The van der Waals surface area contributed by atoms with Gasteiger partial charge in [0.15, 0.2) is 51.7 Å². The van der Waals surface area contributed by atoms with Crippen LogP contribution >= 0.6 is 0 Å². The predicted molar refractivity (Wildman–Crippen MR) is 432 cm³/mol. The lowest BCUT2D eigenvalue weighted by Crippen LogP contribution is -2.43. The van der Waals surface area contributed by atoms with Crippen molar-refractivity contribution in [1.29, 1.82) is 0 Å². The van der Waals surface area contributed by atoms with Gasteiger partial charge in [-0.2, -0.15) is 0 Å². The quantitative estimate of drug-likeness (QED) is 0.136. The summed E-state index contributed by atoms with van der Waals surface area (Å²) < 4.78 is 43.0. The van der Waals surface area contributed by atoms with Crippen molar-refractivity contribution in [2.75, 3.05) is 83.9 Å². The van der Waals surface area contributed by atoms with E-state index in [1.165, 1.54) is 33.3 Å². The fourth-order valence-corrected chi connectivity index (χ4v) is 14.7. The van der Waals surface area contributed by atoms with Crippen molar-refractivity contribution in [3.05, 3.63) is 270 Å². The normalized spacial score (nSPS) is 15.0. The van der Waals surface area contributed by atoms with E-state index in [0.29, 0.717) is 96.8 Å². The lowest BCUT2D eigenvalue weighted by Gasteiger charge is -2.29. The Hall–Kier alpha value is -13.0. The van der Waals surface area contributed by atoms with Gasteiger partial charge < -0.3 is 38.1 Å². The summed E-state index contributed by atoms with van der Waals surface area (Å²) in [5, 5.41) is 6.62. The minimum atomic E-state index is -0.500. The summed E-state index contributed by atoms with van der Waals surface area (Å²) >= 11 is 0. The SMILES string of the molecule is CCN1CC=C(c2ccc3nc(-c4ccc5nc(C)oc5c4)cc(=O)n3c2)CC1.Cc1nc2c(F)cc(-c3cc(=O)n4cc(N5CCNCC5)ccc4n3)cc2o1.Cc1nc2ccc(-c3cc(=O)n4cc(C5=CCN(C)CC5)ccc4n3)cc2o1.Cc1nc2ccc(-c3cc(=O)n4cc(C5=CCNCC5)ccc4n3)cc2o1. The van der Waals surface area contributed by atoms with Gasteiger partial charge in [0.2, 0.25) is 0 Å². The predicted octanol–water partition coefficient (Wildman–Crippen LogP) is 13.0. The molecule has 4 aliphatic rings. The van der Waals surface area contributed by atoms with Crippen LogP contribution in [0.2, 0.25) is 0 Å². The molecule has 16 aromatic rings. The van der Waals surface area contributed by atoms with Gasteiger partial charge in [-0.05, 0) is 170 Å². The van der Waals surface area contributed by atoms with Crippen molar-refractivity contribution in [2.45, 2.75) is 53.9 Å². The molecule has 0 saturated carbocycles. The van der Waals surface area contributed by atoms with Crippen LogP contribution in [-0.4, -0.2) is 146 Å². The van der Waals surface area contributed by atoms with E-state index in [4.69, 9.17) is 27.6 Å². The van der Waals surface area contributed by atoms with Gasteiger partial charge in [0.05, 0.1) is 28.5 Å². The smallest absolute Gasteiger partial charge is 0.258 e. The van der Waals surface area contributed by atoms with Crippen LogP contribution in [0.4, 0.5) is 10.1 Å². The highest BCUT2D eigenvalue weighted by molar-refractivity contribution is 5.84. The van der Waals surface area contributed by atoms with Gasteiger partial charge in [0, 0.05) is 158 Å². The average Bonchev–Trinajstić information content (AvgIpc) is 1.68. The van der Waals surface area contributed by atoms with Crippen LogP contribution in [0, 0.1) is 33.5 Å². The number of nitrogens with one attached hydrogen (secondary N) is 2. The fourth-order valence-electron chi connectivity index (χ4n) is 14.7. The van der Waals surface area contributed by atoms with E-state index >= 15 is 0 Å². The number of nitrogens with zero attached hydrogens (tertiary/aromatic N) is 15. The van der Waals surface area contributed by atoms with Crippen molar-refractivity contribution in [1.82, 2.24) is 77.9 Å². The Kier molecular flexibility index (Phi) is 19.5. The Bertz CT molecular complexity index is 6750. The molecule has 4 aromatic carbocycles. The van der Waals surface area contributed by atoms with Crippen molar-refractivity contribution < 1.29 is 22.1 Å². The summed E-state index contributed by atoms with van der Waals surface area (Å²) in [4.78, 5) is 93.6. The molecule has 1 fully saturated rings. The van der Waals surface area contributed by atoms with Gasteiger partial charge in [-0.25, -0.2) is 44.3 Å². The number of piperazine rings is 1. The molecular weight excluding hydrogens is 1420 g/mol. The first-order valence-corrected chi connectivity index (χ1v) is 37.4. The maximum Gasteiger partial charge on any atom is 0.258 e. The first kappa shape index (κ1) is 71.9. The van der Waals surface area contributed by atoms with E-state index in [1.807, 2.05) is 143 Å². The number of aromatic nitrogens is 12. The fraction of sp³-hybridized carbons (Fsp3) is 0.233. The summed E-state index contributed by atoms with van der Waals surface area (Å²) in [6.45, 7) is 19.8. The van der Waals surface area contributed by atoms with E-state index in [2.05, 4.69) is 93.5 Å². The molecule has 1 saturated heterocycles. The standard InChI is InChI=1S/C23H22N4O2.C22H20N4O2.C21H18N4O2.C20H18FN5O2/c1-3-26-10-8-16(9-11-26)18-5-7-22-25-20(13-23(28)27(22)14-18)17-4-6-19-21(12-17)29-15(2)24-19;1-14-23-18-5-3-16(11-20(18)28-14)19-12-22(27)26-13-17(4-6-21(26)24-19)15-7-9-25(2)10-8-15;1-13-23-17-4-2-15(10-19(17)27-13)18-11-21(26)25-12-16(3-5-20(25)24-18)14-6-8-22-9-7-14;1-12-23-20-15(21)8-13(9-17(20)28-12)16-10-19(27)26-11-14(2-3-18(26)24-16)25-6-4-22-5-7-25/h4-8,12-14H,3,9-11H2,1-2H3;3-7,11-13H,8-10H2,1-2H3;2-6,10-12,22H,7-9H2,1H3;2-3,8-11,22H,4-7H2,1H3. The minimum Gasteiger partial charge on any atom is -0.441 e. The van der Waals surface area contributed by atoms with Crippen LogP contribution in [0.25, 0.3) is 129 Å². The molecule has 0 atom stereocenters. The number of halogens is 1. The summed E-state index contributed by atoms with van der Waals surface area (Å²) in [6.07, 6.45) is 17.1. The number of rotatable bonds is 9. The third-order valence-corrected chi connectivity index (χ3v) is 20.7. The van der Waals surface area contributed by atoms with Gasteiger partial charge in [0.25, 0.3) is 22.2 Å².